The first kappa shape index (κ1) is 14.7. The summed E-state index contributed by atoms with van der Waals surface area (Å²) in [7, 11) is 0. The number of benzene rings is 1. The third-order valence-corrected chi connectivity index (χ3v) is 4.10. The van der Waals surface area contributed by atoms with Crippen LogP contribution in [0.4, 0.5) is 0 Å². The molecule has 0 saturated carbocycles. The number of carbonyl (C=O) groups is 1. The summed E-state index contributed by atoms with van der Waals surface area (Å²) < 4.78 is 10.1. The molecule has 0 aliphatic heterocycles. The zero-order valence-corrected chi connectivity index (χ0v) is 13.0. The Labute approximate surface area is 134 Å². The predicted octanol–water partition coefficient (Wildman–Crippen LogP) is 3.75. The molecule has 3 aromatic rings. The summed E-state index contributed by atoms with van der Waals surface area (Å²) in [5, 5.41) is 3.01. The minimum Gasteiger partial charge on any atom is -0.461 e. The first-order valence-electron chi connectivity index (χ1n) is 6.45. The second-order valence-corrected chi connectivity index (χ2v) is 5.63. The topological polar surface area (TPSA) is 69.4 Å². The fraction of sp³-hybridized carbons (Fsp3) is 0.133. The van der Waals surface area contributed by atoms with Crippen molar-refractivity contribution in [1.29, 1.82) is 0 Å². The van der Waals surface area contributed by atoms with Crippen molar-refractivity contribution in [3.05, 3.63) is 50.8 Å². The highest BCUT2D eigenvalue weighted by molar-refractivity contribution is 7.13. The summed E-state index contributed by atoms with van der Waals surface area (Å²) in [6, 6.07) is 6.85. The molecule has 1 aromatic carbocycles. The molecule has 0 aliphatic rings. The highest BCUT2D eigenvalue weighted by Crippen LogP contribution is 2.27. The number of fused-ring (bicyclic) bond motifs is 1. The van der Waals surface area contributed by atoms with Gasteiger partial charge in [-0.25, -0.2) is 14.6 Å². The quantitative estimate of drug-likeness (QED) is 0.538. The molecule has 0 amide bonds. The minimum atomic E-state index is -0.551. The minimum absolute atomic E-state index is 0.174. The van der Waals surface area contributed by atoms with Crippen molar-refractivity contribution < 1.29 is 13.9 Å². The molecule has 0 bridgehead atoms. The smallest absolute Gasteiger partial charge is 0.357 e. The highest BCUT2D eigenvalue weighted by atomic mass is 35.5. The Hall–Kier alpha value is -2.18. The number of rotatable bonds is 3. The van der Waals surface area contributed by atoms with Gasteiger partial charge < -0.3 is 9.15 Å². The zero-order valence-electron chi connectivity index (χ0n) is 11.5. The summed E-state index contributed by atoms with van der Waals surface area (Å²) >= 11 is 7.18. The first-order chi connectivity index (χ1) is 10.6. The molecule has 0 saturated heterocycles. The monoisotopic (exact) mass is 335 g/mol. The van der Waals surface area contributed by atoms with Crippen LogP contribution in [0.5, 0.6) is 0 Å². The van der Waals surface area contributed by atoms with E-state index >= 15 is 0 Å². The molecule has 112 valence electrons. The molecule has 0 aliphatic carbocycles. The van der Waals surface area contributed by atoms with Gasteiger partial charge in [0.2, 0.25) is 0 Å². The third-order valence-electron chi connectivity index (χ3n) is 2.93. The normalized spacial score (nSPS) is 10.8. The van der Waals surface area contributed by atoms with Crippen LogP contribution in [0.25, 0.3) is 21.5 Å². The molecule has 0 unspecified atom stereocenters. The molecular weight excluding hydrogens is 326 g/mol. The van der Waals surface area contributed by atoms with Gasteiger partial charge in [-0.05, 0) is 19.1 Å². The molecule has 22 heavy (non-hydrogen) atoms. The van der Waals surface area contributed by atoms with E-state index < -0.39 is 11.6 Å². The van der Waals surface area contributed by atoms with E-state index in [-0.39, 0.29) is 17.9 Å². The molecule has 0 fully saturated rings. The van der Waals surface area contributed by atoms with Crippen LogP contribution in [0.2, 0.25) is 5.02 Å². The van der Waals surface area contributed by atoms with E-state index in [9.17, 15) is 9.59 Å². The van der Waals surface area contributed by atoms with E-state index in [1.807, 2.05) is 0 Å². The van der Waals surface area contributed by atoms with Crippen LogP contribution in [-0.2, 0) is 4.74 Å². The van der Waals surface area contributed by atoms with Gasteiger partial charge in [0, 0.05) is 10.8 Å². The molecule has 7 heteroatoms. The Kier molecular flexibility index (Phi) is 3.96. The van der Waals surface area contributed by atoms with Crippen molar-refractivity contribution in [2.75, 3.05) is 6.61 Å². The van der Waals surface area contributed by atoms with Crippen LogP contribution in [0, 0.1) is 0 Å². The number of ether oxygens (including phenoxy) is 1. The lowest BCUT2D eigenvalue weighted by molar-refractivity contribution is 0.0520. The number of aromatic nitrogens is 1. The lowest BCUT2D eigenvalue weighted by Gasteiger charge is -2.01. The Morgan fingerprint density at radius 2 is 2.27 bits per heavy atom. The van der Waals surface area contributed by atoms with Gasteiger partial charge in [-0.1, -0.05) is 23.7 Å². The molecule has 3 rings (SSSR count). The molecule has 0 spiro atoms. The zero-order chi connectivity index (χ0) is 15.7. The summed E-state index contributed by atoms with van der Waals surface area (Å²) in [6.45, 7) is 1.98. The van der Waals surface area contributed by atoms with Crippen molar-refractivity contribution in [2.24, 2.45) is 0 Å². The lowest BCUT2D eigenvalue weighted by Crippen LogP contribution is -2.06. The standard InChI is InChI=1S/C15H10ClNO4S/c1-2-20-15(19)11-7-22-13(17-11)9-6-8-4-3-5-10(16)12(8)21-14(9)18/h3-7H,2H2,1H3. The van der Waals surface area contributed by atoms with Gasteiger partial charge >= 0.3 is 11.6 Å². The van der Waals surface area contributed by atoms with E-state index in [1.54, 1.807) is 36.6 Å². The van der Waals surface area contributed by atoms with Crippen LogP contribution in [-0.4, -0.2) is 17.6 Å². The molecule has 0 radical (unpaired) electrons. The van der Waals surface area contributed by atoms with E-state index in [2.05, 4.69) is 4.98 Å². The number of nitrogens with zero attached hydrogens (tertiary/aromatic N) is 1. The fourth-order valence-corrected chi connectivity index (χ4v) is 2.97. The highest BCUT2D eigenvalue weighted by Gasteiger charge is 2.16. The Balaban J connectivity index is 2.09. The van der Waals surface area contributed by atoms with Gasteiger partial charge in [0.1, 0.15) is 5.01 Å². The van der Waals surface area contributed by atoms with Crippen molar-refractivity contribution in [3.63, 3.8) is 0 Å². The van der Waals surface area contributed by atoms with Crippen molar-refractivity contribution in [1.82, 2.24) is 4.98 Å². The summed E-state index contributed by atoms with van der Waals surface area (Å²) in [4.78, 5) is 27.9. The van der Waals surface area contributed by atoms with E-state index in [0.717, 1.165) is 0 Å². The third kappa shape index (κ3) is 2.63. The second-order valence-electron chi connectivity index (χ2n) is 4.36. The second kappa shape index (κ2) is 5.90. The van der Waals surface area contributed by atoms with Crippen molar-refractivity contribution in [3.8, 4) is 10.6 Å². The van der Waals surface area contributed by atoms with E-state index in [0.29, 0.717) is 21.0 Å². The van der Waals surface area contributed by atoms with Gasteiger partial charge in [-0.3, -0.25) is 0 Å². The predicted molar refractivity (Wildman–Crippen MR) is 84.6 cm³/mol. The lowest BCUT2D eigenvalue weighted by atomic mass is 10.2. The average molecular weight is 336 g/mol. The van der Waals surface area contributed by atoms with E-state index in [1.165, 1.54) is 11.3 Å². The molecule has 0 atom stereocenters. The van der Waals surface area contributed by atoms with Crippen LogP contribution < -0.4 is 5.63 Å². The molecule has 5 nitrogen and oxygen atoms in total. The van der Waals surface area contributed by atoms with Gasteiger partial charge in [0.25, 0.3) is 0 Å². The summed E-state index contributed by atoms with van der Waals surface area (Å²) in [6.07, 6.45) is 0. The summed E-state index contributed by atoms with van der Waals surface area (Å²) in [5.41, 5.74) is 0.244. The maximum Gasteiger partial charge on any atom is 0.357 e. The number of hydrogen-bond donors (Lipinski definition) is 0. The molecular formula is C15H10ClNO4S. The number of para-hydroxylation sites is 1. The maximum atomic E-state index is 12.1. The SMILES string of the molecule is CCOC(=O)c1csc(-c2cc3cccc(Cl)c3oc2=O)n1. The van der Waals surface area contributed by atoms with Crippen molar-refractivity contribution >= 4 is 39.9 Å². The van der Waals surface area contributed by atoms with E-state index in [4.69, 9.17) is 20.8 Å². The fourth-order valence-electron chi connectivity index (χ4n) is 1.95. The summed E-state index contributed by atoms with van der Waals surface area (Å²) in [5.74, 6) is -0.516. The number of hydrogen-bond acceptors (Lipinski definition) is 6. The Morgan fingerprint density at radius 1 is 1.45 bits per heavy atom. The van der Waals surface area contributed by atoms with Gasteiger partial charge in [0.05, 0.1) is 17.2 Å². The number of thiazole rings is 1. The largest absolute Gasteiger partial charge is 0.461 e. The molecule has 0 N–H and O–H groups in total. The Bertz CT molecular complexity index is 915. The van der Waals surface area contributed by atoms with Crippen molar-refractivity contribution in [2.45, 2.75) is 6.92 Å². The van der Waals surface area contributed by atoms with Gasteiger partial charge in [-0.2, -0.15) is 0 Å². The maximum absolute atomic E-state index is 12.1. The van der Waals surface area contributed by atoms with Crippen LogP contribution in [0.3, 0.4) is 0 Å². The molecule has 2 heterocycles. The number of esters is 1. The Morgan fingerprint density at radius 3 is 3.05 bits per heavy atom. The number of carbonyl (C=O) groups excluding carboxylic acids is 1. The van der Waals surface area contributed by atoms with Crippen LogP contribution in [0.15, 0.2) is 38.9 Å². The van der Waals surface area contributed by atoms with Crippen LogP contribution >= 0.6 is 22.9 Å². The van der Waals surface area contributed by atoms with Gasteiger partial charge in [-0.15, -0.1) is 11.3 Å². The van der Waals surface area contributed by atoms with Gasteiger partial charge in [0.15, 0.2) is 11.3 Å². The number of halogens is 1. The van der Waals surface area contributed by atoms with Crippen LogP contribution in [0.1, 0.15) is 17.4 Å². The first-order valence-corrected chi connectivity index (χ1v) is 7.71. The average Bonchev–Trinajstić information content (AvgIpc) is 2.98. The molecule has 2 aromatic heterocycles.